The third-order valence-corrected chi connectivity index (χ3v) is 5.58. The third-order valence-electron chi connectivity index (χ3n) is 5.58. The molecule has 1 amide bonds. The van der Waals surface area contributed by atoms with Crippen LogP contribution in [-0.2, 0) is 0 Å². The third kappa shape index (κ3) is 2.77. The van der Waals surface area contributed by atoms with E-state index in [-0.39, 0.29) is 17.8 Å². The van der Waals surface area contributed by atoms with Crippen LogP contribution in [0.2, 0.25) is 0 Å². The highest BCUT2D eigenvalue weighted by Crippen LogP contribution is 2.43. The summed E-state index contributed by atoms with van der Waals surface area (Å²) in [5, 5.41) is 4.54. The van der Waals surface area contributed by atoms with E-state index in [0.29, 0.717) is 23.7 Å². The molecular formula is C20H25FN4O. The molecule has 2 aromatic rings. The summed E-state index contributed by atoms with van der Waals surface area (Å²) >= 11 is 0. The molecule has 0 saturated heterocycles. The fraction of sp³-hybridized carbons (Fsp3) is 0.500. The molecule has 2 aliphatic rings. The lowest BCUT2D eigenvalue weighted by Crippen LogP contribution is -2.43. The second-order valence-corrected chi connectivity index (χ2v) is 7.43. The zero-order valence-electron chi connectivity index (χ0n) is 15.6. The molecule has 0 spiro atoms. The number of likely N-dealkylation sites (N-methyl/N-ethyl adjacent to an activating group) is 1. The van der Waals surface area contributed by atoms with Crippen LogP contribution in [0.25, 0.3) is 0 Å². The highest BCUT2D eigenvalue weighted by Gasteiger charge is 2.36. The van der Waals surface area contributed by atoms with Crippen molar-refractivity contribution < 1.29 is 9.18 Å². The van der Waals surface area contributed by atoms with Crippen molar-refractivity contribution in [1.29, 1.82) is 0 Å². The number of rotatable bonds is 4. The van der Waals surface area contributed by atoms with Crippen LogP contribution in [0.5, 0.6) is 0 Å². The maximum atomic E-state index is 13.9. The smallest absolute Gasteiger partial charge is 0.261 e. The number of benzene rings is 1. The Morgan fingerprint density at radius 1 is 1.31 bits per heavy atom. The van der Waals surface area contributed by atoms with E-state index in [4.69, 9.17) is 0 Å². The van der Waals surface area contributed by atoms with E-state index < -0.39 is 0 Å². The molecule has 2 heterocycles. The van der Waals surface area contributed by atoms with Gasteiger partial charge in [0.25, 0.3) is 5.91 Å². The summed E-state index contributed by atoms with van der Waals surface area (Å²) < 4.78 is 15.9. The standard InChI is InChI=1S/C20H25FN4O/c1-4-13(2)25-19(14-5-6-14)16(12-22-25)20(26)24-10-9-23(3)17-8-7-15(21)11-18(17)24/h7-8,11-14H,4-6,9-10H2,1-3H3/t13-/m1/s1. The molecule has 1 saturated carbocycles. The minimum absolute atomic E-state index is 0.0681. The SMILES string of the molecule is CC[C@@H](C)n1ncc(C(=O)N2CCN(C)c3ccc(F)cc32)c1C1CC1. The zero-order valence-corrected chi connectivity index (χ0v) is 15.6. The lowest BCUT2D eigenvalue weighted by Gasteiger charge is -2.35. The van der Waals surface area contributed by atoms with E-state index in [2.05, 4.69) is 23.8 Å². The van der Waals surface area contributed by atoms with Gasteiger partial charge < -0.3 is 9.80 Å². The Hall–Kier alpha value is -2.37. The van der Waals surface area contributed by atoms with Gasteiger partial charge in [-0.2, -0.15) is 5.10 Å². The van der Waals surface area contributed by atoms with Crippen molar-refractivity contribution in [2.24, 2.45) is 0 Å². The van der Waals surface area contributed by atoms with E-state index in [1.165, 1.54) is 12.1 Å². The predicted molar refractivity (Wildman–Crippen MR) is 101 cm³/mol. The first-order valence-electron chi connectivity index (χ1n) is 9.41. The molecule has 6 heteroatoms. The highest BCUT2D eigenvalue weighted by molar-refractivity contribution is 6.09. The minimum Gasteiger partial charge on any atom is -0.371 e. The maximum absolute atomic E-state index is 13.9. The quantitative estimate of drug-likeness (QED) is 0.832. The van der Waals surface area contributed by atoms with E-state index in [0.717, 1.165) is 37.2 Å². The summed E-state index contributed by atoms with van der Waals surface area (Å²) in [7, 11) is 1.97. The average molecular weight is 356 g/mol. The Labute approximate surface area is 153 Å². The monoisotopic (exact) mass is 356 g/mol. The maximum Gasteiger partial charge on any atom is 0.261 e. The summed E-state index contributed by atoms with van der Waals surface area (Å²) in [5.74, 6) is 0.0286. The topological polar surface area (TPSA) is 41.4 Å². The van der Waals surface area contributed by atoms with Crippen molar-refractivity contribution >= 4 is 17.3 Å². The van der Waals surface area contributed by atoms with Gasteiger partial charge in [-0.15, -0.1) is 0 Å². The van der Waals surface area contributed by atoms with Crippen LogP contribution in [0.15, 0.2) is 24.4 Å². The van der Waals surface area contributed by atoms with Gasteiger partial charge in [-0.05, 0) is 44.4 Å². The number of carbonyl (C=O) groups is 1. The van der Waals surface area contributed by atoms with Crippen molar-refractivity contribution in [3.8, 4) is 0 Å². The molecule has 1 aromatic heterocycles. The first-order valence-corrected chi connectivity index (χ1v) is 9.41. The summed E-state index contributed by atoms with van der Waals surface area (Å²) in [6.45, 7) is 5.53. The lowest BCUT2D eigenvalue weighted by atomic mass is 10.1. The number of hydrogen-bond donors (Lipinski definition) is 0. The van der Waals surface area contributed by atoms with Gasteiger partial charge in [0.05, 0.1) is 28.8 Å². The number of aromatic nitrogens is 2. The van der Waals surface area contributed by atoms with Crippen LogP contribution in [0.1, 0.15) is 61.1 Å². The van der Waals surface area contributed by atoms with Crippen molar-refractivity contribution in [2.75, 3.05) is 29.9 Å². The van der Waals surface area contributed by atoms with E-state index in [9.17, 15) is 9.18 Å². The molecule has 0 bridgehead atoms. The normalized spacial score (nSPS) is 18.0. The summed E-state index contributed by atoms with van der Waals surface area (Å²) in [4.78, 5) is 17.2. The number of amides is 1. The van der Waals surface area contributed by atoms with Gasteiger partial charge in [0, 0.05) is 32.1 Å². The van der Waals surface area contributed by atoms with Gasteiger partial charge in [0.2, 0.25) is 0 Å². The molecule has 1 aliphatic heterocycles. The van der Waals surface area contributed by atoms with Crippen molar-refractivity contribution in [2.45, 2.75) is 45.1 Å². The first kappa shape index (κ1) is 17.1. The summed E-state index contributed by atoms with van der Waals surface area (Å²) in [6.07, 6.45) is 4.89. The van der Waals surface area contributed by atoms with E-state index in [1.807, 2.05) is 11.7 Å². The number of hydrogen-bond acceptors (Lipinski definition) is 3. The molecule has 1 aromatic carbocycles. The highest BCUT2D eigenvalue weighted by atomic mass is 19.1. The van der Waals surface area contributed by atoms with Crippen LogP contribution in [0.4, 0.5) is 15.8 Å². The Morgan fingerprint density at radius 3 is 2.77 bits per heavy atom. The van der Waals surface area contributed by atoms with E-state index in [1.54, 1.807) is 17.2 Å². The summed E-state index contributed by atoms with van der Waals surface area (Å²) in [5.41, 5.74) is 3.25. The van der Waals surface area contributed by atoms with Crippen LogP contribution >= 0.6 is 0 Å². The van der Waals surface area contributed by atoms with Crippen LogP contribution in [0, 0.1) is 5.82 Å². The predicted octanol–water partition coefficient (Wildman–Crippen LogP) is 3.97. The molecule has 0 N–H and O–H groups in total. The van der Waals surface area contributed by atoms with Gasteiger partial charge in [-0.3, -0.25) is 9.48 Å². The number of halogens is 1. The van der Waals surface area contributed by atoms with E-state index >= 15 is 0 Å². The fourth-order valence-electron chi connectivity index (χ4n) is 3.71. The largest absolute Gasteiger partial charge is 0.371 e. The number of carbonyl (C=O) groups excluding carboxylic acids is 1. The molecule has 0 unspecified atom stereocenters. The van der Waals surface area contributed by atoms with Crippen molar-refractivity contribution in [1.82, 2.24) is 9.78 Å². The molecule has 1 aliphatic carbocycles. The van der Waals surface area contributed by atoms with Gasteiger partial charge in [0.1, 0.15) is 5.82 Å². The lowest BCUT2D eigenvalue weighted by molar-refractivity contribution is 0.0985. The fourth-order valence-corrected chi connectivity index (χ4v) is 3.71. The molecule has 1 fully saturated rings. The zero-order chi connectivity index (χ0) is 18.4. The Bertz CT molecular complexity index is 842. The molecule has 1 atom stereocenters. The Kier molecular flexibility index (Phi) is 4.21. The molecule has 138 valence electrons. The molecule has 5 nitrogen and oxygen atoms in total. The van der Waals surface area contributed by atoms with Gasteiger partial charge in [-0.1, -0.05) is 6.92 Å². The van der Waals surface area contributed by atoms with Gasteiger partial charge >= 0.3 is 0 Å². The second-order valence-electron chi connectivity index (χ2n) is 7.43. The summed E-state index contributed by atoms with van der Waals surface area (Å²) in [6, 6.07) is 4.91. The number of anilines is 2. The van der Waals surface area contributed by atoms with Crippen molar-refractivity contribution in [3.63, 3.8) is 0 Å². The average Bonchev–Trinajstić information content (AvgIpc) is 3.38. The van der Waals surface area contributed by atoms with Crippen LogP contribution < -0.4 is 9.80 Å². The number of fused-ring (bicyclic) bond motifs is 1. The molecule has 0 radical (unpaired) electrons. The van der Waals surface area contributed by atoms with Crippen molar-refractivity contribution in [3.05, 3.63) is 41.5 Å². The second kappa shape index (κ2) is 6.41. The molecule has 4 rings (SSSR count). The molecule has 26 heavy (non-hydrogen) atoms. The first-order chi connectivity index (χ1) is 12.5. The van der Waals surface area contributed by atoms with Gasteiger partial charge in [-0.25, -0.2) is 4.39 Å². The van der Waals surface area contributed by atoms with Crippen LogP contribution in [-0.4, -0.2) is 35.8 Å². The molecular weight excluding hydrogens is 331 g/mol. The Balaban J connectivity index is 1.75. The Morgan fingerprint density at radius 2 is 2.08 bits per heavy atom. The minimum atomic E-state index is -0.324. The van der Waals surface area contributed by atoms with Gasteiger partial charge in [0.15, 0.2) is 0 Å². The van der Waals surface area contributed by atoms with Crippen LogP contribution in [0.3, 0.4) is 0 Å². The number of nitrogens with zero attached hydrogens (tertiary/aromatic N) is 4.